The van der Waals surface area contributed by atoms with Crippen LogP contribution in [0.5, 0.6) is 0 Å². The minimum Gasteiger partial charge on any atom is -0.377 e. The minimum absolute atomic E-state index is 0.0902. The Morgan fingerprint density at radius 1 is 1.33 bits per heavy atom. The first-order valence-electron chi connectivity index (χ1n) is 5.77. The second kappa shape index (κ2) is 5.80. The lowest BCUT2D eigenvalue weighted by Gasteiger charge is -2.36. The Kier molecular flexibility index (Phi) is 4.99. The van der Waals surface area contributed by atoms with Crippen LogP contribution in [-0.2, 0) is 9.47 Å². The molecular weight excluding hydrogens is 192 g/mol. The fourth-order valence-corrected chi connectivity index (χ4v) is 2.31. The van der Waals surface area contributed by atoms with Crippen molar-refractivity contribution in [2.45, 2.75) is 57.3 Å². The molecule has 90 valence electrons. The molecule has 15 heavy (non-hydrogen) atoms. The first-order chi connectivity index (χ1) is 7.14. The van der Waals surface area contributed by atoms with E-state index in [0.29, 0.717) is 6.61 Å². The van der Waals surface area contributed by atoms with Crippen LogP contribution in [-0.4, -0.2) is 31.5 Å². The fourth-order valence-electron chi connectivity index (χ4n) is 2.31. The van der Waals surface area contributed by atoms with Crippen molar-refractivity contribution in [3.63, 3.8) is 0 Å². The van der Waals surface area contributed by atoms with Gasteiger partial charge < -0.3 is 9.47 Å². The third-order valence-electron chi connectivity index (χ3n) is 3.29. The molecule has 1 fully saturated rings. The number of nitrogens with one attached hydrogen (secondary N) is 1. The molecular formula is C11H24N2O2. The van der Waals surface area contributed by atoms with Crippen molar-refractivity contribution in [3.8, 4) is 0 Å². The first-order valence-corrected chi connectivity index (χ1v) is 5.77. The molecule has 1 rings (SSSR count). The average molecular weight is 216 g/mol. The van der Waals surface area contributed by atoms with E-state index in [0.717, 1.165) is 12.8 Å². The maximum Gasteiger partial charge on any atom is 0.0866 e. The highest BCUT2D eigenvalue weighted by atomic mass is 16.5. The van der Waals surface area contributed by atoms with E-state index in [-0.39, 0.29) is 17.7 Å². The average Bonchev–Trinajstić information content (AvgIpc) is 2.68. The number of hydrogen-bond acceptors (Lipinski definition) is 4. The Morgan fingerprint density at radius 2 is 1.93 bits per heavy atom. The van der Waals surface area contributed by atoms with Crippen LogP contribution >= 0.6 is 0 Å². The fraction of sp³-hybridized carbons (Fsp3) is 1.00. The van der Waals surface area contributed by atoms with Crippen LogP contribution in [0.15, 0.2) is 0 Å². The van der Waals surface area contributed by atoms with E-state index < -0.39 is 0 Å². The number of ether oxygens (including phenoxy) is 2. The van der Waals surface area contributed by atoms with Crippen LogP contribution in [0, 0.1) is 0 Å². The van der Waals surface area contributed by atoms with E-state index >= 15 is 0 Å². The summed E-state index contributed by atoms with van der Waals surface area (Å²) >= 11 is 0. The molecule has 1 aliphatic rings. The van der Waals surface area contributed by atoms with Gasteiger partial charge in [-0.3, -0.25) is 11.3 Å². The zero-order valence-corrected chi connectivity index (χ0v) is 10.1. The van der Waals surface area contributed by atoms with E-state index in [9.17, 15) is 0 Å². The van der Waals surface area contributed by atoms with Crippen molar-refractivity contribution < 1.29 is 9.47 Å². The molecule has 0 spiro atoms. The van der Waals surface area contributed by atoms with E-state index in [1.54, 1.807) is 7.11 Å². The van der Waals surface area contributed by atoms with Crippen LogP contribution in [0.25, 0.3) is 0 Å². The topological polar surface area (TPSA) is 56.5 Å². The van der Waals surface area contributed by atoms with Crippen molar-refractivity contribution in [2.24, 2.45) is 5.84 Å². The smallest absolute Gasteiger partial charge is 0.0866 e. The lowest BCUT2D eigenvalue weighted by Crippen LogP contribution is -2.55. The molecule has 1 saturated carbocycles. The lowest BCUT2D eigenvalue weighted by molar-refractivity contribution is -0.0673. The monoisotopic (exact) mass is 216 g/mol. The molecule has 0 aliphatic heterocycles. The highest BCUT2D eigenvalue weighted by Gasteiger charge is 2.41. The molecule has 0 bridgehead atoms. The van der Waals surface area contributed by atoms with Crippen molar-refractivity contribution in [1.82, 2.24) is 5.43 Å². The molecule has 0 amide bonds. The third kappa shape index (κ3) is 3.14. The second-order valence-corrected chi connectivity index (χ2v) is 4.58. The predicted octanol–water partition coefficient (Wildman–Crippen LogP) is 1.20. The summed E-state index contributed by atoms with van der Waals surface area (Å²) in [6, 6.07) is 0.0902. The first kappa shape index (κ1) is 12.9. The van der Waals surface area contributed by atoms with Gasteiger partial charge in [0.15, 0.2) is 0 Å². The molecule has 3 N–H and O–H groups in total. The normalized spacial score (nSPS) is 22.2. The van der Waals surface area contributed by atoms with Crippen molar-refractivity contribution in [1.29, 1.82) is 0 Å². The van der Waals surface area contributed by atoms with Crippen molar-refractivity contribution >= 4 is 0 Å². The summed E-state index contributed by atoms with van der Waals surface area (Å²) < 4.78 is 11.3. The summed E-state index contributed by atoms with van der Waals surface area (Å²) in [4.78, 5) is 0. The Labute approximate surface area is 92.5 Å². The standard InChI is InChI=1S/C11H24N2O2/c1-9(2)15-8-10(13-12)11(14-3)6-4-5-7-11/h9-10,13H,4-8,12H2,1-3H3. The zero-order chi connectivity index (χ0) is 11.3. The molecule has 0 saturated heterocycles. The van der Waals surface area contributed by atoms with Crippen LogP contribution in [0.2, 0.25) is 0 Å². The molecule has 4 nitrogen and oxygen atoms in total. The number of methoxy groups -OCH3 is 1. The Morgan fingerprint density at radius 3 is 2.33 bits per heavy atom. The highest BCUT2D eigenvalue weighted by molar-refractivity contribution is 4.96. The maximum atomic E-state index is 5.66. The van der Waals surface area contributed by atoms with Crippen molar-refractivity contribution in [2.75, 3.05) is 13.7 Å². The van der Waals surface area contributed by atoms with Gasteiger partial charge in [0.1, 0.15) is 0 Å². The minimum atomic E-state index is -0.121. The summed E-state index contributed by atoms with van der Waals surface area (Å²) in [5, 5.41) is 0. The van der Waals surface area contributed by atoms with Crippen LogP contribution in [0.3, 0.4) is 0 Å². The highest BCUT2D eigenvalue weighted by Crippen LogP contribution is 2.35. The Bertz CT molecular complexity index is 179. The molecule has 0 radical (unpaired) electrons. The molecule has 0 aromatic carbocycles. The van der Waals surface area contributed by atoms with Gasteiger partial charge in [-0.05, 0) is 26.7 Å². The summed E-state index contributed by atoms with van der Waals surface area (Å²) in [5.74, 6) is 5.59. The van der Waals surface area contributed by atoms with Gasteiger partial charge in [-0.15, -0.1) is 0 Å². The SMILES string of the molecule is COC1(C(COC(C)C)NN)CCCC1. The van der Waals surface area contributed by atoms with Gasteiger partial charge in [0.05, 0.1) is 24.4 Å². The Balaban J connectivity index is 2.54. The summed E-state index contributed by atoms with van der Waals surface area (Å²) in [5.41, 5.74) is 2.72. The number of hydrogen-bond donors (Lipinski definition) is 2. The summed E-state index contributed by atoms with van der Waals surface area (Å²) in [6.07, 6.45) is 4.80. The summed E-state index contributed by atoms with van der Waals surface area (Å²) in [6.45, 7) is 4.67. The molecule has 1 atom stereocenters. The molecule has 4 heteroatoms. The maximum absolute atomic E-state index is 5.66. The lowest BCUT2D eigenvalue weighted by atomic mass is 9.93. The van der Waals surface area contributed by atoms with E-state index in [1.807, 2.05) is 13.8 Å². The molecule has 0 heterocycles. The van der Waals surface area contributed by atoms with Gasteiger partial charge in [0, 0.05) is 7.11 Å². The predicted molar refractivity (Wildman–Crippen MR) is 60.4 cm³/mol. The Hall–Kier alpha value is -0.160. The van der Waals surface area contributed by atoms with Gasteiger partial charge >= 0.3 is 0 Å². The number of rotatable bonds is 6. The van der Waals surface area contributed by atoms with Gasteiger partial charge in [-0.2, -0.15) is 0 Å². The van der Waals surface area contributed by atoms with Crippen molar-refractivity contribution in [3.05, 3.63) is 0 Å². The van der Waals surface area contributed by atoms with Gasteiger partial charge in [-0.1, -0.05) is 12.8 Å². The van der Waals surface area contributed by atoms with E-state index in [4.69, 9.17) is 15.3 Å². The summed E-state index contributed by atoms with van der Waals surface area (Å²) in [7, 11) is 1.77. The molecule has 1 aliphatic carbocycles. The quantitative estimate of drug-likeness (QED) is 0.517. The van der Waals surface area contributed by atoms with Gasteiger partial charge in [0.2, 0.25) is 0 Å². The van der Waals surface area contributed by atoms with Crippen LogP contribution in [0.1, 0.15) is 39.5 Å². The third-order valence-corrected chi connectivity index (χ3v) is 3.29. The second-order valence-electron chi connectivity index (χ2n) is 4.58. The van der Waals surface area contributed by atoms with Gasteiger partial charge in [-0.25, -0.2) is 0 Å². The van der Waals surface area contributed by atoms with Crippen LogP contribution < -0.4 is 11.3 Å². The van der Waals surface area contributed by atoms with Crippen LogP contribution in [0.4, 0.5) is 0 Å². The largest absolute Gasteiger partial charge is 0.377 e. The number of hydrazine groups is 1. The molecule has 0 aromatic rings. The van der Waals surface area contributed by atoms with E-state index in [2.05, 4.69) is 5.43 Å². The number of nitrogens with two attached hydrogens (primary N) is 1. The van der Waals surface area contributed by atoms with Gasteiger partial charge in [0.25, 0.3) is 0 Å². The van der Waals surface area contributed by atoms with E-state index in [1.165, 1.54) is 12.8 Å². The molecule has 1 unspecified atom stereocenters. The zero-order valence-electron chi connectivity index (χ0n) is 10.1. The molecule has 0 aromatic heterocycles.